The van der Waals surface area contributed by atoms with Gasteiger partial charge in [0.2, 0.25) is 0 Å². The van der Waals surface area contributed by atoms with Crippen LogP contribution in [0, 0.1) is 0 Å². The summed E-state index contributed by atoms with van der Waals surface area (Å²) >= 11 is 9.66. The highest BCUT2D eigenvalue weighted by Crippen LogP contribution is 2.34. The number of likely N-dealkylation sites (N-methyl/N-ethyl adjacent to an activating group) is 1. The molecule has 0 saturated heterocycles. The Morgan fingerprint density at radius 2 is 2.25 bits per heavy atom. The van der Waals surface area contributed by atoms with Crippen LogP contribution < -0.4 is 0 Å². The van der Waals surface area contributed by atoms with E-state index in [-0.39, 0.29) is 0 Å². The third kappa shape index (κ3) is 1.58. The molecular weight excluding hydrogens is 288 g/mol. The fourth-order valence-corrected chi connectivity index (χ4v) is 3.28. The summed E-state index contributed by atoms with van der Waals surface area (Å²) in [6.45, 7) is 2.12. The Morgan fingerprint density at radius 3 is 3.06 bits per heavy atom. The molecule has 0 atom stereocenters. The second-order valence-electron chi connectivity index (χ2n) is 4.38. The lowest BCUT2D eigenvalue weighted by molar-refractivity contribution is 0.313. The maximum atomic E-state index is 6.10. The number of H-pyrrole nitrogens is 1. The van der Waals surface area contributed by atoms with E-state index in [2.05, 4.69) is 38.9 Å². The molecule has 1 aliphatic rings. The summed E-state index contributed by atoms with van der Waals surface area (Å²) in [4.78, 5) is 5.84. The molecule has 2 aromatic rings. The Hall–Kier alpha value is -0.510. The Bertz CT molecular complexity index is 562. The lowest BCUT2D eigenvalue weighted by Gasteiger charge is -2.22. The largest absolute Gasteiger partial charge is 0.357 e. The molecule has 0 amide bonds. The van der Waals surface area contributed by atoms with Crippen molar-refractivity contribution < 1.29 is 0 Å². The minimum Gasteiger partial charge on any atom is -0.357 e. The summed E-state index contributed by atoms with van der Waals surface area (Å²) in [6, 6.07) is 3.99. The van der Waals surface area contributed by atoms with Gasteiger partial charge in [0, 0.05) is 40.1 Å². The first-order valence-electron chi connectivity index (χ1n) is 5.32. The van der Waals surface area contributed by atoms with Gasteiger partial charge in [0.05, 0.1) is 5.52 Å². The van der Waals surface area contributed by atoms with Crippen molar-refractivity contribution in [3.63, 3.8) is 0 Å². The molecule has 84 valence electrons. The summed E-state index contributed by atoms with van der Waals surface area (Å²) in [6.07, 6.45) is 1.09. The van der Waals surface area contributed by atoms with Gasteiger partial charge in [-0.05, 0) is 40.7 Å². The van der Waals surface area contributed by atoms with E-state index in [0.717, 1.165) is 29.0 Å². The number of aromatic nitrogens is 1. The van der Waals surface area contributed by atoms with Crippen LogP contribution >= 0.6 is 27.5 Å². The second-order valence-corrected chi connectivity index (χ2v) is 5.67. The van der Waals surface area contributed by atoms with E-state index >= 15 is 0 Å². The van der Waals surface area contributed by atoms with Crippen molar-refractivity contribution in [1.29, 1.82) is 0 Å². The molecule has 0 unspecified atom stereocenters. The monoisotopic (exact) mass is 298 g/mol. The molecule has 4 heteroatoms. The Balaban J connectivity index is 2.30. The Morgan fingerprint density at radius 1 is 1.44 bits per heavy atom. The molecule has 1 aliphatic heterocycles. The molecule has 0 fully saturated rings. The Kier molecular flexibility index (Phi) is 2.50. The van der Waals surface area contributed by atoms with Crippen molar-refractivity contribution in [3.05, 3.63) is 32.9 Å². The van der Waals surface area contributed by atoms with Gasteiger partial charge in [-0.15, -0.1) is 0 Å². The van der Waals surface area contributed by atoms with Gasteiger partial charge in [0.15, 0.2) is 0 Å². The van der Waals surface area contributed by atoms with Crippen LogP contribution in [0.5, 0.6) is 0 Å². The first-order chi connectivity index (χ1) is 7.65. The zero-order chi connectivity index (χ0) is 11.3. The molecule has 0 aliphatic carbocycles. The summed E-state index contributed by atoms with van der Waals surface area (Å²) in [5.74, 6) is 0. The van der Waals surface area contributed by atoms with Gasteiger partial charge in [-0.1, -0.05) is 11.6 Å². The molecule has 2 nitrogen and oxygen atoms in total. The summed E-state index contributed by atoms with van der Waals surface area (Å²) in [5.41, 5.74) is 3.92. The number of fused-ring (bicyclic) bond motifs is 3. The van der Waals surface area contributed by atoms with E-state index in [1.54, 1.807) is 0 Å². The highest BCUT2D eigenvalue weighted by molar-refractivity contribution is 9.10. The first-order valence-corrected chi connectivity index (χ1v) is 6.49. The fourth-order valence-electron chi connectivity index (χ4n) is 2.37. The van der Waals surface area contributed by atoms with E-state index in [1.165, 1.54) is 22.2 Å². The van der Waals surface area contributed by atoms with Crippen LogP contribution in [0.2, 0.25) is 5.02 Å². The maximum Gasteiger partial charge on any atom is 0.0604 e. The van der Waals surface area contributed by atoms with Gasteiger partial charge in [-0.2, -0.15) is 0 Å². The van der Waals surface area contributed by atoms with Crippen molar-refractivity contribution in [2.24, 2.45) is 0 Å². The number of halogens is 2. The molecule has 1 aromatic heterocycles. The zero-order valence-corrected chi connectivity index (χ0v) is 11.3. The van der Waals surface area contributed by atoms with Crippen molar-refractivity contribution in [2.45, 2.75) is 13.0 Å². The number of hydrogen-bond donors (Lipinski definition) is 1. The average molecular weight is 300 g/mol. The predicted octanol–water partition coefficient (Wildman–Crippen LogP) is 3.57. The summed E-state index contributed by atoms with van der Waals surface area (Å²) in [7, 11) is 2.15. The van der Waals surface area contributed by atoms with Gasteiger partial charge < -0.3 is 9.88 Å². The molecule has 0 radical (unpaired) electrons. The van der Waals surface area contributed by atoms with Crippen LogP contribution in [-0.2, 0) is 13.0 Å². The Labute approximate surface area is 108 Å². The molecule has 16 heavy (non-hydrogen) atoms. The van der Waals surface area contributed by atoms with E-state index in [1.807, 2.05) is 6.07 Å². The standard InChI is InChI=1S/C12H12BrClN2/c1-16-3-2-11-9(6-16)8-4-7(14)5-10(13)12(8)15-11/h4-5,15H,2-3,6H2,1H3. The van der Waals surface area contributed by atoms with Crippen LogP contribution in [0.4, 0.5) is 0 Å². The molecule has 0 spiro atoms. The second kappa shape index (κ2) is 3.76. The van der Waals surface area contributed by atoms with Crippen molar-refractivity contribution >= 4 is 38.4 Å². The van der Waals surface area contributed by atoms with Crippen molar-refractivity contribution in [1.82, 2.24) is 9.88 Å². The lowest BCUT2D eigenvalue weighted by Crippen LogP contribution is -2.25. The van der Waals surface area contributed by atoms with E-state index < -0.39 is 0 Å². The van der Waals surface area contributed by atoms with Crippen LogP contribution in [0.3, 0.4) is 0 Å². The van der Waals surface area contributed by atoms with E-state index in [0.29, 0.717) is 0 Å². The first kappa shape index (κ1) is 10.6. The van der Waals surface area contributed by atoms with Crippen LogP contribution in [0.1, 0.15) is 11.3 Å². The van der Waals surface area contributed by atoms with Gasteiger partial charge in [-0.3, -0.25) is 0 Å². The number of hydrogen-bond acceptors (Lipinski definition) is 1. The summed E-state index contributed by atoms with van der Waals surface area (Å²) < 4.78 is 1.05. The molecule has 1 aromatic carbocycles. The van der Waals surface area contributed by atoms with Crippen molar-refractivity contribution in [2.75, 3.05) is 13.6 Å². The normalized spacial score (nSPS) is 16.7. The number of aromatic amines is 1. The third-order valence-electron chi connectivity index (χ3n) is 3.19. The maximum absolute atomic E-state index is 6.10. The number of nitrogens with zero attached hydrogens (tertiary/aromatic N) is 1. The van der Waals surface area contributed by atoms with Gasteiger partial charge in [-0.25, -0.2) is 0 Å². The third-order valence-corrected chi connectivity index (χ3v) is 4.04. The fraction of sp³-hybridized carbons (Fsp3) is 0.333. The highest BCUT2D eigenvalue weighted by atomic mass is 79.9. The summed E-state index contributed by atoms with van der Waals surface area (Å²) in [5, 5.41) is 2.04. The van der Waals surface area contributed by atoms with Crippen molar-refractivity contribution in [3.8, 4) is 0 Å². The van der Waals surface area contributed by atoms with Crippen LogP contribution in [0.25, 0.3) is 10.9 Å². The van der Waals surface area contributed by atoms with E-state index in [9.17, 15) is 0 Å². The minimum atomic E-state index is 0.786. The number of benzene rings is 1. The minimum absolute atomic E-state index is 0.786. The molecule has 1 N–H and O–H groups in total. The van der Waals surface area contributed by atoms with Gasteiger partial charge in [0.25, 0.3) is 0 Å². The molecule has 2 heterocycles. The molecule has 0 bridgehead atoms. The quantitative estimate of drug-likeness (QED) is 0.788. The smallest absolute Gasteiger partial charge is 0.0604 e. The average Bonchev–Trinajstić information content (AvgIpc) is 2.57. The topological polar surface area (TPSA) is 19.0 Å². The predicted molar refractivity (Wildman–Crippen MR) is 71.0 cm³/mol. The van der Waals surface area contributed by atoms with Crippen LogP contribution in [-0.4, -0.2) is 23.5 Å². The number of nitrogens with one attached hydrogen (secondary N) is 1. The van der Waals surface area contributed by atoms with E-state index in [4.69, 9.17) is 11.6 Å². The SMILES string of the molecule is CN1CCc2[nH]c3c(Br)cc(Cl)cc3c2C1. The van der Waals surface area contributed by atoms with Crippen LogP contribution in [0.15, 0.2) is 16.6 Å². The molecule has 3 rings (SSSR count). The zero-order valence-electron chi connectivity index (χ0n) is 8.98. The number of rotatable bonds is 0. The lowest BCUT2D eigenvalue weighted by atomic mass is 10.1. The van der Waals surface area contributed by atoms with Gasteiger partial charge >= 0.3 is 0 Å². The molecule has 0 saturated carbocycles. The van der Waals surface area contributed by atoms with Gasteiger partial charge in [0.1, 0.15) is 0 Å². The molecular formula is C12H12BrClN2. The highest BCUT2D eigenvalue weighted by Gasteiger charge is 2.19.